The first-order valence-corrected chi connectivity index (χ1v) is 10.4. The second-order valence-corrected chi connectivity index (χ2v) is 8.62. The van der Waals surface area contributed by atoms with Crippen LogP contribution in [0.15, 0.2) is 56.1 Å². The summed E-state index contributed by atoms with van der Waals surface area (Å²) < 4.78 is 7.55. The lowest BCUT2D eigenvalue weighted by molar-refractivity contribution is 0.503. The molecule has 0 saturated heterocycles. The third-order valence-corrected chi connectivity index (χ3v) is 6.01. The van der Waals surface area contributed by atoms with E-state index < -0.39 is 0 Å². The molecule has 0 spiro atoms. The molecule has 0 aliphatic rings. The molecule has 0 aliphatic carbocycles. The Balaban J connectivity index is 1.70. The van der Waals surface area contributed by atoms with Crippen LogP contribution in [0.25, 0.3) is 21.7 Å². The van der Waals surface area contributed by atoms with Gasteiger partial charge in [0.15, 0.2) is 5.16 Å². The van der Waals surface area contributed by atoms with E-state index in [-0.39, 0.29) is 16.9 Å². The quantitative estimate of drug-likeness (QED) is 0.350. The number of benzene rings is 1. The summed E-state index contributed by atoms with van der Waals surface area (Å²) in [5.41, 5.74) is 0.661. The molecule has 0 bridgehead atoms. The molecule has 4 rings (SSSR count). The molecular weight excluding hydrogens is 380 g/mol. The average Bonchev–Trinajstić information content (AvgIpc) is 3.33. The molecule has 0 fully saturated rings. The second kappa shape index (κ2) is 7.28. The monoisotopic (exact) mass is 398 g/mol. The number of nitrogens with zero attached hydrogens (tertiary/aromatic N) is 4. The minimum absolute atomic E-state index is 0.00586. The average molecular weight is 399 g/mol. The summed E-state index contributed by atoms with van der Waals surface area (Å²) in [6.07, 6.45) is 0. The molecule has 27 heavy (non-hydrogen) atoms. The zero-order valence-corrected chi connectivity index (χ0v) is 16.8. The highest BCUT2D eigenvalue weighted by molar-refractivity contribution is 7.99. The van der Waals surface area contributed by atoms with E-state index in [2.05, 4.69) is 10.2 Å². The van der Waals surface area contributed by atoms with Gasteiger partial charge in [0.2, 0.25) is 5.89 Å². The van der Waals surface area contributed by atoms with Crippen molar-refractivity contribution in [1.29, 1.82) is 0 Å². The first-order valence-electron chi connectivity index (χ1n) is 8.60. The molecular formula is C19H18N4O2S2. The van der Waals surface area contributed by atoms with Gasteiger partial charge in [-0.2, -0.15) is 0 Å². The second-order valence-electron chi connectivity index (χ2n) is 6.36. The first-order chi connectivity index (χ1) is 13.0. The zero-order chi connectivity index (χ0) is 19.0. The number of aromatic nitrogens is 4. The summed E-state index contributed by atoms with van der Waals surface area (Å²) in [6.45, 7) is 5.94. The maximum atomic E-state index is 12.9. The van der Waals surface area contributed by atoms with Crippen LogP contribution < -0.4 is 5.56 Å². The molecule has 3 aromatic heterocycles. The summed E-state index contributed by atoms with van der Waals surface area (Å²) in [7, 11) is 0. The smallest absolute Gasteiger partial charge is 0.262 e. The van der Waals surface area contributed by atoms with Gasteiger partial charge in [-0.3, -0.25) is 9.36 Å². The number of para-hydroxylation sites is 1. The van der Waals surface area contributed by atoms with Gasteiger partial charge in [0.25, 0.3) is 11.4 Å². The summed E-state index contributed by atoms with van der Waals surface area (Å²) in [4.78, 5) is 18.6. The third-order valence-electron chi connectivity index (χ3n) is 4.09. The molecule has 0 unspecified atom stereocenters. The number of thioether (sulfide) groups is 1. The molecule has 3 heterocycles. The Morgan fingerprint density at radius 1 is 1.11 bits per heavy atom. The topological polar surface area (TPSA) is 73.8 Å². The van der Waals surface area contributed by atoms with Gasteiger partial charge >= 0.3 is 0 Å². The van der Waals surface area contributed by atoms with E-state index in [4.69, 9.17) is 9.40 Å². The van der Waals surface area contributed by atoms with Gasteiger partial charge in [0.05, 0.1) is 21.0 Å². The van der Waals surface area contributed by atoms with Crippen molar-refractivity contribution in [1.82, 2.24) is 19.7 Å². The number of thiophene rings is 1. The fourth-order valence-electron chi connectivity index (χ4n) is 2.77. The minimum Gasteiger partial charge on any atom is -0.419 e. The Morgan fingerprint density at radius 3 is 2.67 bits per heavy atom. The number of rotatable bonds is 5. The Morgan fingerprint density at radius 2 is 1.93 bits per heavy atom. The molecule has 0 amide bonds. The minimum atomic E-state index is -0.135. The van der Waals surface area contributed by atoms with Crippen LogP contribution in [0.3, 0.4) is 0 Å². The molecule has 0 N–H and O–H groups in total. The summed E-state index contributed by atoms with van der Waals surface area (Å²) in [5.74, 6) is 1.03. The molecule has 1 atom stereocenters. The van der Waals surface area contributed by atoms with Crippen molar-refractivity contribution in [3.8, 4) is 10.8 Å². The molecule has 0 saturated carbocycles. The van der Waals surface area contributed by atoms with Crippen molar-refractivity contribution in [2.75, 3.05) is 0 Å². The van der Waals surface area contributed by atoms with Gasteiger partial charge in [0.1, 0.15) is 0 Å². The number of hydrogen-bond donors (Lipinski definition) is 0. The van der Waals surface area contributed by atoms with Crippen molar-refractivity contribution in [3.63, 3.8) is 0 Å². The van der Waals surface area contributed by atoms with Crippen molar-refractivity contribution in [2.24, 2.45) is 0 Å². The van der Waals surface area contributed by atoms with Crippen molar-refractivity contribution < 1.29 is 4.42 Å². The van der Waals surface area contributed by atoms with E-state index in [0.717, 1.165) is 4.88 Å². The highest BCUT2D eigenvalue weighted by atomic mass is 32.2. The van der Waals surface area contributed by atoms with Gasteiger partial charge in [-0.15, -0.1) is 21.5 Å². The lowest BCUT2D eigenvalue weighted by Crippen LogP contribution is -2.25. The highest BCUT2D eigenvalue weighted by Crippen LogP contribution is 2.35. The summed E-state index contributed by atoms with van der Waals surface area (Å²) >= 11 is 3.00. The van der Waals surface area contributed by atoms with Crippen LogP contribution in [0.1, 0.15) is 38.0 Å². The molecule has 0 aliphatic heterocycles. The van der Waals surface area contributed by atoms with Crippen LogP contribution in [-0.4, -0.2) is 19.7 Å². The molecule has 4 aromatic rings. The standard InChI is InChI=1S/C19H18N4O2S2/c1-11(2)23-18(24)13-7-4-5-8-14(13)20-19(23)27-12(3)16-21-22-17(25-16)15-9-6-10-26-15/h4-12H,1-3H3/t12-/m0/s1. The van der Waals surface area contributed by atoms with E-state index >= 15 is 0 Å². The number of fused-ring (bicyclic) bond motifs is 1. The van der Waals surface area contributed by atoms with Crippen LogP contribution in [-0.2, 0) is 0 Å². The van der Waals surface area contributed by atoms with Crippen LogP contribution >= 0.6 is 23.1 Å². The molecule has 1 aromatic carbocycles. The van der Waals surface area contributed by atoms with Crippen LogP contribution in [0.2, 0.25) is 0 Å². The third kappa shape index (κ3) is 3.42. The van der Waals surface area contributed by atoms with Gasteiger partial charge in [-0.1, -0.05) is 30.0 Å². The largest absolute Gasteiger partial charge is 0.419 e. The predicted molar refractivity (Wildman–Crippen MR) is 108 cm³/mol. The fourth-order valence-corrected chi connectivity index (χ4v) is 4.49. The van der Waals surface area contributed by atoms with Gasteiger partial charge in [-0.05, 0) is 44.4 Å². The van der Waals surface area contributed by atoms with Gasteiger partial charge in [0, 0.05) is 6.04 Å². The lowest BCUT2D eigenvalue weighted by atomic mass is 10.2. The molecule has 138 valence electrons. The summed E-state index contributed by atoms with van der Waals surface area (Å²) in [6, 6.07) is 11.3. The van der Waals surface area contributed by atoms with E-state index in [1.807, 2.05) is 62.5 Å². The van der Waals surface area contributed by atoms with Crippen LogP contribution in [0.4, 0.5) is 0 Å². The molecule has 0 radical (unpaired) electrons. The molecule has 6 nitrogen and oxygen atoms in total. The predicted octanol–water partition coefficient (Wildman–Crippen LogP) is 4.94. The van der Waals surface area contributed by atoms with E-state index in [1.54, 1.807) is 15.9 Å². The SMILES string of the molecule is CC(C)n1c(S[C@@H](C)c2nnc(-c3cccs3)o2)nc2ccccc2c1=O. The normalized spacial score (nSPS) is 12.7. The maximum Gasteiger partial charge on any atom is 0.262 e. The Bertz CT molecular complexity index is 1130. The van der Waals surface area contributed by atoms with Crippen LogP contribution in [0.5, 0.6) is 0 Å². The van der Waals surface area contributed by atoms with E-state index in [1.165, 1.54) is 11.8 Å². The van der Waals surface area contributed by atoms with E-state index in [0.29, 0.717) is 27.8 Å². The first kappa shape index (κ1) is 17.9. The van der Waals surface area contributed by atoms with Crippen molar-refractivity contribution in [2.45, 2.75) is 37.2 Å². The summed E-state index contributed by atoms with van der Waals surface area (Å²) in [5, 5.41) is 11.4. The van der Waals surface area contributed by atoms with Crippen LogP contribution in [0, 0.1) is 0 Å². The highest BCUT2D eigenvalue weighted by Gasteiger charge is 2.21. The van der Waals surface area contributed by atoms with Gasteiger partial charge in [-0.25, -0.2) is 4.98 Å². The van der Waals surface area contributed by atoms with Gasteiger partial charge < -0.3 is 4.42 Å². The Kier molecular flexibility index (Phi) is 4.84. The zero-order valence-electron chi connectivity index (χ0n) is 15.1. The fraction of sp³-hybridized carbons (Fsp3) is 0.263. The maximum absolute atomic E-state index is 12.9. The molecule has 8 heteroatoms. The Hall–Kier alpha value is -2.45. The Labute approximate surface area is 164 Å². The number of hydrogen-bond acceptors (Lipinski definition) is 7. The van der Waals surface area contributed by atoms with Crippen molar-refractivity contribution >= 4 is 34.0 Å². The van der Waals surface area contributed by atoms with E-state index in [9.17, 15) is 4.79 Å². The lowest BCUT2D eigenvalue weighted by Gasteiger charge is -2.17. The van der Waals surface area contributed by atoms with Crippen molar-refractivity contribution in [3.05, 3.63) is 58.0 Å².